The molecule has 1 aromatic heterocycles. The predicted octanol–water partition coefficient (Wildman–Crippen LogP) is 2.88. The molecule has 7 heteroatoms. The Morgan fingerprint density at radius 2 is 2.05 bits per heavy atom. The Balaban J connectivity index is 2.01. The second-order valence-corrected chi connectivity index (χ2v) is 5.05. The average molecular weight is 309 g/mol. The van der Waals surface area contributed by atoms with Crippen molar-refractivity contribution in [2.45, 2.75) is 24.5 Å². The Morgan fingerprint density at radius 1 is 1.25 bits per heavy atom. The van der Waals surface area contributed by atoms with Crippen LogP contribution in [-0.4, -0.2) is 39.2 Å². The molecule has 0 unspecified atom stereocenters. The van der Waals surface area contributed by atoms with E-state index in [9.17, 15) is 8.78 Å². The zero-order valence-corrected chi connectivity index (χ0v) is 12.4. The SMILES string of the molecule is COCCOCCCNCc1ccc(CSC(F)F)o1. The standard InChI is InChI=1S/C13H21F2NO3S/c1-17-7-8-18-6-2-5-16-9-11-3-4-12(19-11)10-20-13(14)15/h3-4,13,16H,2,5-10H2,1H3. The van der Waals surface area contributed by atoms with E-state index in [1.807, 2.05) is 6.07 Å². The number of methoxy groups -OCH3 is 1. The maximum Gasteiger partial charge on any atom is 0.284 e. The fraction of sp³-hybridized carbons (Fsp3) is 0.692. The summed E-state index contributed by atoms with van der Waals surface area (Å²) in [5.74, 6) is -0.824. The third kappa shape index (κ3) is 8.52. The smallest absolute Gasteiger partial charge is 0.284 e. The second kappa shape index (κ2) is 11.1. The van der Waals surface area contributed by atoms with Crippen molar-refractivity contribution in [1.82, 2.24) is 5.32 Å². The van der Waals surface area contributed by atoms with Crippen LogP contribution >= 0.6 is 11.8 Å². The number of hydrogen-bond donors (Lipinski definition) is 1. The van der Waals surface area contributed by atoms with Crippen molar-refractivity contribution in [3.05, 3.63) is 23.7 Å². The molecule has 116 valence electrons. The molecule has 0 aliphatic carbocycles. The van der Waals surface area contributed by atoms with E-state index in [-0.39, 0.29) is 5.75 Å². The van der Waals surface area contributed by atoms with E-state index < -0.39 is 5.76 Å². The van der Waals surface area contributed by atoms with E-state index in [2.05, 4.69) is 5.32 Å². The number of furan rings is 1. The van der Waals surface area contributed by atoms with Gasteiger partial charge in [0.25, 0.3) is 5.76 Å². The first kappa shape index (κ1) is 17.4. The first-order chi connectivity index (χ1) is 9.72. The molecule has 0 aliphatic rings. The van der Waals surface area contributed by atoms with Gasteiger partial charge >= 0.3 is 0 Å². The Bertz CT molecular complexity index is 350. The molecule has 0 spiro atoms. The van der Waals surface area contributed by atoms with Crippen LogP contribution in [0.1, 0.15) is 17.9 Å². The lowest BCUT2D eigenvalue weighted by molar-refractivity contribution is 0.0694. The van der Waals surface area contributed by atoms with Crippen molar-refractivity contribution in [2.75, 3.05) is 33.5 Å². The van der Waals surface area contributed by atoms with Gasteiger partial charge in [0, 0.05) is 13.7 Å². The third-order valence-corrected chi connectivity index (χ3v) is 3.15. The van der Waals surface area contributed by atoms with Gasteiger partial charge in [-0.15, -0.1) is 0 Å². The van der Waals surface area contributed by atoms with Gasteiger partial charge in [-0.3, -0.25) is 0 Å². The molecule has 0 saturated heterocycles. The van der Waals surface area contributed by atoms with Crippen LogP contribution in [0, 0.1) is 0 Å². The van der Waals surface area contributed by atoms with Gasteiger partial charge in [0.2, 0.25) is 0 Å². The second-order valence-electron chi connectivity index (χ2n) is 4.08. The number of halogens is 2. The molecule has 0 radical (unpaired) electrons. The maximum atomic E-state index is 12.0. The summed E-state index contributed by atoms with van der Waals surface area (Å²) in [5.41, 5.74) is 0. The first-order valence-electron chi connectivity index (χ1n) is 6.47. The minimum Gasteiger partial charge on any atom is -0.464 e. The number of alkyl halides is 2. The van der Waals surface area contributed by atoms with Gasteiger partial charge in [-0.2, -0.15) is 8.78 Å². The van der Waals surface area contributed by atoms with Crippen LogP contribution in [0.25, 0.3) is 0 Å². The van der Waals surface area contributed by atoms with E-state index in [1.165, 1.54) is 0 Å². The highest BCUT2D eigenvalue weighted by atomic mass is 32.2. The number of hydrogen-bond acceptors (Lipinski definition) is 5. The molecule has 0 aliphatic heterocycles. The Kier molecular flexibility index (Phi) is 9.65. The first-order valence-corrected chi connectivity index (χ1v) is 7.52. The average Bonchev–Trinajstić information content (AvgIpc) is 2.87. The molecule has 0 saturated carbocycles. The van der Waals surface area contributed by atoms with E-state index in [4.69, 9.17) is 13.9 Å². The summed E-state index contributed by atoms with van der Waals surface area (Å²) in [6.45, 7) is 3.32. The molecule has 1 rings (SSSR count). The predicted molar refractivity (Wildman–Crippen MR) is 75.0 cm³/mol. The number of nitrogens with one attached hydrogen (secondary N) is 1. The van der Waals surface area contributed by atoms with Gasteiger partial charge in [0.1, 0.15) is 11.5 Å². The molecule has 0 atom stereocenters. The monoisotopic (exact) mass is 309 g/mol. The lowest BCUT2D eigenvalue weighted by Crippen LogP contribution is -2.16. The van der Waals surface area contributed by atoms with E-state index in [0.29, 0.717) is 43.9 Å². The van der Waals surface area contributed by atoms with Crippen molar-refractivity contribution < 1.29 is 22.7 Å². The number of ether oxygens (including phenoxy) is 2. The molecule has 0 aromatic carbocycles. The summed E-state index contributed by atoms with van der Waals surface area (Å²) in [6.07, 6.45) is 0.901. The van der Waals surface area contributed by atoms with Crippen LogP contribution in [0.3, 0.4) is 0 Å². The minimum absolute atomic E-state index is 0.199. The van der Waals surface area contributed by atoms with Gasteiger partial charge < -0.3 is 19.2 Å². The summed E-state index contributed by atoms with van der Waals surface area (Å²) in [6, 6.07) is 3.55. The molecular weight excluding hydrogens is 288 g/mol. The zero-order valence-electron chi connectivity index (χ0n) is 11.6. The zero-order chi connectivity index (χ0) is 14.6. The lowest BCUT2D eigenvalue weighted by atomic mass is 10.4. The van der Waals surface area contributed by atoms with Gasteiger partial charge in [0.15, 0.2) is 0 Å². The molecule has 0 bridgehead atoms. The molecule has 0 fully saturated rings. The summed E-state index contributed by atoms with van der Waals surface area (Å²) >= 11 is 0.565. The maximum absolute atomic E-state index is 12.0. The van der Waals surface area contributed by atoms with Crippen molar-refractivity contribution in [3.8, 4) is 0 Å². The largest absolute Gasteiger partial charge is 0.464 e. The van der Waals surface area contributed by atoms with Gasteiger partial charge in [-0.1, -0.05) is 11.8 Å². The van der Waals surface area contributed by atoms with Crippen LogP contribution in [-0.2, 0) is 21.8 Å². The third-order valence-electron chi connectivity index (χ3n) is 2.44. The Morgan fingerprint density at radius 3 is 2.80 bits per heavy atom. The normalized spacial score (nSPS) is 11.4. The van der Waals surface area contributed by atoms with E-state index in [0.717, 1.165) is 18.7 Å². The topological polar surface area (TPSA) is 43.6 Å². The Hall–Kier alpha value is -0.630. The van der Waals surface area contributed by atoms with E-state index >= 15 is 0 Å². The number of rotatable bonds is 12. The highest BCUT2D eigenvalue weighted by molar-refractivity contribution is 7.98. The molecule has 1 heterocycles. The molecule has 0 amide bonds. The molecule has 4 nitrogen and oxygen atoms in total. The van der Waals surface area contributed by atoms with Gasteiger partial charge in [-0.05, 0) is 25.1 Å². The fourth-order valence-electron chi connectivity index (χ4n) is 1.50. The van der Waals surface area contributed by atoms with Crippen molar-refractivity contribution in [2.24, 2.45) is 0 Å². The lowest BCUT2D eigenvalue weighted by Gasteiger charge is -2.04. The quantitative estimate of drug-likeness (QED) is 0.601. The van der Waals surface area contributed by atoms with Crippen LogP contribution in [0.5, 0.6) is 0 Å². The summed E-state index contributed by atoms with van der Waals surface area (Å²) in [4.78, 5) is 0. The highest BCUT2D eigenvalue weighted by Gasteiger charge is 2.07. The summed E-state index contributed by atoms with van der Waals surface area (Å²) in [7, 11) is 1.64. The Labute approximate surface area is 122 Å². The van der Waals surface area contributed by atoms with Crippen molar-refractivity contribution in [3.63, 3.8) is 0 Å². The summed E-state index contributed by atoms with van der Waals surface area (Å²) in [5, 5.41) is 3.21. The summed E-state index contributed by atoms with van der Waals surface area (Å²) < 4.78 is 39.6. The van der Waals surface area contributed by atoms with Crippen molar-refractivity contribution in [1.29, 1.82) is 0 Å². The van der Waals surface area contributed by atoms with Crippen LogP contribution in [0.15, 0.2) is 16.5 Å². The fourth-order valence-corrected chi connectivity index (χ4v) is 1.94. The van der Waals surface area contributed by atoms with Crippen LogP contribution in [0.4, 0.5) is 8.78 Å². The van der Waals surface area contributed by atoms with Gasteiger partial charge in [-0.25, -0.2) is 0 Å². The molecule has 1 aromatic rings. The van der Waals surface area contributed by atoms with E-state index in [1.54, 1.807) is 13.2 Å². The molecular formula is C13H21F2NO3S. The van der Waals surface area contributed by atoms with Crippen molar-refractivity contribution >= 4 is 11.8 Å². The molecule has 1 N–H and O–H groups in total. The van der Waals surface area contributed by atoms with Gasteiger partial charge in [0.05, 0.1) is 25.5 Å². The van der Waals surface area contributed by atoms with Crippen LogP contribution < -0.4 is 5.32 Å². The number of thioether (sulfide) groups is 1. The molecule has 20 heavy (non-hydrogen) atoms. The highest BCUT2D eigenvalue weighted by Crippen LogP contribution is 2.21. The minimum atomic E-state index is -2.36. The van der Waals surface area contributed by atoms with Crippen LogP contribution in [0.2, 0.25) is 0 Å².